The van der Waals surface area contributed by atoms with Crippen molar-refractivity contribution in [3.05, 3.63) is 71.8 Å². The molecular weight excluding hydrogens is 400 g/mol. The van der Waals surface area contributed by atoms with Crippen LogP contribution in [0.25, 0.3) is 10.8 Å². The van der Waals surface area contributed by atoms with Gasteiger partial charge in [-0.1, -0.05) is 42.0 Å². The van der Waals surface area contributed by atoms with Crippen molar-refractivity contribution >= 4 is 32.6 Å². The van der Waals surface area contributed by atoms with Gasteiger partial charge in [-0.25, -0.2) is 0 Å². The van der Waals surface area contributed by atoms with Gasteiger partial charge in [0.1, 0.15) is 22.0 Å². The van der Waals surface area contributed by atoms with Crippen molar-refractivity contribution in [2.45, 2.75) is 73.7 Å². The summed E-state index contributed by atoms with van der Waals surface area (Å²) in [5.74, 6) is 2.87. The molecule has 0 amide bonds. The number of fused-ring (bicyclic) bond motifs is 1. The monoisotopic (exact) mass is 436 g/mol. The first-order valence-corrected chi connectivity index (χ1v) is 14.4. The van der Waals surface area contributed by atoms with E-state index in [1.54, 1.807) is 9.79 Å². The van der Waals surface area contributed by atoms with E-state index in [1.807, 2.05) is 0 Å². The molecule has 0 radical (unpaired) electrons. The van der Waals surface area contributed by atoms with E-state index in [0.29, 0.717) is 21.8 Å². The maximum atomic E-state index is 2.43. The topological polar surface area (TPSA) is 0 Å². The van der Waals surface area contributed by atoms with Gasteiger partial charge in [0.05, 0.1) is 0 Å². The van der Waals surface area contributed by atoms with Crippen LogP contribution in [0.2, 0.25) is 0 Å². The normalized spacial score (nSPS) is 24.1. The molecule has 158 valence electrons. The van der Waals surface area contributed by atoms with Gasteiger partial charge in [-0.2, -0.15) is 0 Å². The predicted molar refractivity (Wildman–Crippen MR) is 138 cm³/mol. The molecule has 0 bridgehead atoms. The summed E-state index contributed by atoms with van der Waals surface area (Å²) in [6.45, 7) is 9.24. The van der Waals surface area contributed by atoms with Crippen LogP contribution in [0.4, 0.5) is 0 Å². The molecule has 2 saturated heterocycles. The average Bonchev–Trinajstić information content (AvgIpc) is 3.41. The second-order valence-electron chi connectivity index (χ2n) is 8.92. The Hall–Kier alpha value is -1.38. The zero-order chi connectivity index (χ0) is 21.1. The third-order valence-corrected chi connectivity index (χ3v) is 12.2. The summed E-state index contributed by atoms with van der Waals surface area (Å²) < 4.78 is 0. The Morgan fingerprint density at radius 1 is 0.700 bits per heavy atom. The van der Waals surface area contributed by atoms with Crippen molar-refractivity contribution in [3.8, 4) is 0 Å². The number of rotatable bonds is 2. The molecule has 3 aromatic carbocycles. The van der Waals surface area contributed by atoms with Crippen LogP contribution in [0, 0.1) is 13.8 Å². The van der Waals surface area contributed by atoms with E-state index >= 15 is 0 Å². The standard InChI is InChI=1S/C17H21S.C11H15S/c1-12-8-11-17(16-7-5-4-6-15(12)16)18-13(2)9-10-14(18)3;1-10-4-6-11(7-5-10)12-8-2-3-9-12/h4-8,11,13-14H,9-10H2,1-3H3;4-7H,2-3,8-9H2,1H3/q2*+1. The van der Waals surface area contributed by atoms with Gasteiger partial charge >= 0.3 is 0 Å². The summed E-state index contributed by atoms with van der Waals surface area (Å²) in [5.41, 5.74) is 2.78. The van der Waals surface area contributed by atoms with Crippen molar-refractivity contribution < 1.29 is 0 Å². The minimum atomic E-state index is 0.437. The third kappa shape index (κ3) is 4.75. The lowest BCUT2D eigenvalue weighted by atomic mass is 10.1. The van der Waals surface area contributed by atoms with Crippen LogP contribution in [0.5, 0.6) is 0 Å². The van der Waals surface area contributed by atoms with Crippen molar-refractivity contribution in [2.75, 3.05) is 11.5 Å². The fraction of sp³-hybridized carbons (Fsp3) is 0.429. The highest BCUT2D eigenvalue weighted by atomic mass is 32.2. The molecule has 2 atom stereocenters. The first-order valence-electron chi connectivity index (χ1n) is 11.5. The Balaban J connectivity index is 0.000000158. The van der Waals surface area contributed by atoms with Crippen molar-refractivity contribution in [3.63, 3.8) is 0 Å². The van der Waals surface area contributed by atoms with Crippen LogP contribution in [-0.4, -0.2) is 22.0 Å². The maximum absolute atomic E-state index is 2.43. The highest BCUT2D eigenvalue weighted by molar-refractivity contribution is 7.98. The molecule has 2 fully saturated rings. The molecule has 2 heteroatoms. The molecule has 3 aromatic rings. The van der Waals surface area contributed by atoms with Crippen molar-refractivity contribution in [1.82, 2.24) is 0 Å². The van der Waals surface area contributed by atoms with E-state index in [4.69, 9.17) is 0 Å². The third-order valence-electron chi connectivity index (χ3n) is 6.59. The Labute approximate surface area is 189 Å². The largest absolute Gasteiger partial charge is 0.163 e. The molecule has 0 aromatic heterocycles. The van der Waals surface area contributed by atoms with Gasteiger partial charge < -0.3 is 0 Å². The molecule has 0 N–H and O–H groups in total. The van der Waals surface area contributed by atoms with Crippen LogP contribution in [0.15, 0.2) is 70.5 Å². The first-order chi connectivity index (χ1) is 14.5. The number of hydrogen-bond acceptors (Lipinski definition) is 0. The van der Waals surface area contributed by atoms with Crippen molar-refractivity contribution in [1.29, 1.82) is 0 Å². The van der Waals surface area contributed by atoms with Crippen LogP contribution in [-0.2, 0) is 21.8 Å². The smallest absolute Gasteiger partial charge is 0.0616 e. The van der Waals surface area contributed by atoms with Gasteiger partial charge in [-0.05, 0) is 88.6 Å². The summed E-state index contributed by atoms with van der Waals surface area (Å²) in [6, 6.07) is 22.7. The number of hydrogen-bond donors (Lipinski definition) is 0. The molecule has 0 nitrogen and oxygen atoms in total. The lowest BCUT2D eigenvalue weighted by molar-refractivity contribution is 0.777. The fourth-order valence-corrected chi connectivity index (χ4v) is 10.2. The summed E-state index contributed by atoms with van der Waals surface area (Å²) in [5, 5.41) is 4.63. The number of benzene rings is 3. The molecular formula is C28H36S2+2. The summed E-state index contributed by atoms with van der Waals surface area (Å²) in [6.07, 6.45) is 5.67. The van der Waals surface area contributed by atoms with Crippen LogP contribution in [0.3, 0.4) is 0 Å². The van der Waals surface area contributed by atoms with Gasteiger partial charge in [0.15, 0.2) is 9.79 Å². The molecule has 2 aliphatic heterocycles. The predicted octanol–water partition coefficient (Wildman–Crippen LogP) is 7.46. The SMILES string of the molecule is Cc1ccc([S+]2C(C)CCC2C)c2ccccc12.Cc1ccc([S+]2CCCC2)cc1. The van der Waals surface area contributed by atoms with Gasteiger partial charge in [-0.3, -0.25) is 0 Å². The summed E-state index contributed by atoms with van der Waals surface area (Å²) in [4.78, 5) is 3.19. The second kappa shape index (κ2) is 9.83. The van der Waals surface area contributed by atoms with Crippen molar-refractivity contribution in [2.24, 2.45) is 0 Å². The van der Waals surface area contributed by atoms with E-state index < -0.39 is 0 Å². The Morgan fingerprint density at radius 2 is 1.30 bits per heavy atom. The van der Waals surface area contributed by atoms with Gasteiger partial charge in [0, 0.05) is 27.2 Å². The second-order valence-corrected chi connectivity index (χ2v) is 14.0. The minimum Gasteiger partial charge on any atom is -0.0616 e. The molecule has 0 aliphatic carbocycles. The van der Waals surface area contributed by atoms with Crippen LogP contribution >= 0.6 is 0 Å². The fourth-order valence-electron chi connectivity index (χ4n) is 4.80. The molecule has 2 heterocycles. The Bertz CT molecular complexity index is 960. The Kier molecular flexibility index (Phi) is 7.16. The summed E-state index contributed by atoms with van der Waals surface area (Å²) in [7, 11) is 1.04. The Morgan fingerprint density at radius 3 is 1.93 bits per heavy atom. The molecule has 0 saturated carbocycles. The number of aryl methyl sites for hydroxylation is 2. The van der Waals surface area contributed by atoms with E-state index in [9.17, 15) is 0 Å². The average molecular weight is 437 g/mol. The quantitative estimate of drug-likeness (QED) is 0.366. The van der Waals surface area contributed by atoms with E-state index in [2.05, 4.69) is 88.4 Å². The molecule has 2 unspecified atom stereocenters. The summed E-state index contributed by atoms with van der Waals surface area (Å²) >= 11 is 0. The minimum absolute atomic E-state index is 0.437. The van der Waals surface area contributed by atoms with Crippen LogP contribution in [0.1, 0.15) is 50.7 Å². The lowest BCUT2D eigenvalue weighted by Crippen LogP contribution is -2.19. The zero-order valence-corrected chi connectivity index (χ0v) is 20.6. The van der Waals surface area contributed by atoms with E-state index in [-0.39, 0.29) is 0 Å². The molecule has 30 heavy (non-hydrogen) atoms. The van der Waals surface area contributed by atoms with Gasteiger partial charge in [0.25, 0.3) is 0 Å². The molecule has 0 spiro atoms. The molecule has 2 aliphatic rings. The van der Waals surface area contributed by atoms with E-state index in [1.165, 1.54) is 59.1 Å². The highest BCUT2D eigenvalue weighted by Crippen LogP contribution is 2.38. The highest BCUT2D eigenvalue weighted by Gasteiger charge is 2.42. The van der Waals surface area contributed by atoms with Crippen LogP contribution < -0.4 is 0 Å². The lowest BCUT2D eigenvalue weighted by Gasteiger charge is -2.14. The van der Waals surface area contributed by atoms with Gasteiger partial charge in [0.2, 0.25) is 0 Å². The first kappa shape index (κ1) is 21.8. The zero-order valence-electron chi connectivity index (χ0n) is 19.0. The van der Waals surface area contributed by atoms with Gasteiger partial charge in [-0.15, -0.1) is 0 Å². The van der Waals surface area contributed by atoms with E-state index in [0.717, 1.165) is 10.5 Å². The molecule has 5 rings (SSSR count). The maximum Gasteiger partial charge on any atom is 0.163 e.